The van der Waals surface area contributed by atoms with Gasteiger partial charge in [0.1, 0.15) is 0 Å². The van der Waals surface area contributed by atoms with Crippen molar-refractivity contribution in [1.29, 1.82) is 5.26 Å². The molecule has 0 fully saturated rings. The molecule has 2 nitrogen and oxygen atoms in total. The summed E-state index contributed by atoms with van der Waals surface area (Å²) in [5.41, 5.74) is 0. The van der Waals surface area contributed by atoms with E-state index in [1.54, 1.807) is 6.08 Å². The standard InChI is InChI=1S/C7H12N2/c1-3-6-9(4-2)7-5-8/h3H,1,4,6-7H2,2H3. The number of hydrogen-bond donors (Lipinski definition) is 0. The number of nitrogens with zero attached hydrogens (tertiary/aromatic N) is 2. The summed E-state index contributed by atoms with van der Waals surface area (Å²) in [7, 11) is 0. The Balaban J connectivity index is 3.43. The molecule has 0 spiro atoms. The molecule has 0 saturated carbocycles. The van der Waals surface area contributed by atoms with Crippen LogP contribution in [0.15, 0.2) is 12.7 Å². The molecule has 0 heterocycles. The highest BCUT2D eigenvalue weighted by Gasteiger charge is 1.94. The van der Waals surface area contributed by atoms with Crippen LogP contribution in [0, 0.1) is 11.3 Å². The van der Waals surface area contributed by atoms with Crippen LogP contribution in [0.4, 0.5) is 0 Å². The number of rotatable bonds is 4. The molecule has 0 aliphatic rings. The monoisotopic (exact) mass is 124 g/mol. The Hall–Kier alpha value is -0.810. The molecule has 0 bridgehead atoms. The predicted molar refractivity (Wildman–Crippen MR) is 37.9 cm³/mol. The Bertz CT molecular complexity index is 113. The van der Waals surface area contributed by atoms with E-state index < -0.39 is 0 Å². The molecular weight excluding hydrogens is 112 g/mol. The Labute approximate surface area is 56.4 Å². The molecule has 0 amide bonds. The highest BCUT2D eigenvalue weighted by Crippen LogP contribution is 1.84. The molecule has 0 rings (SSSR count). The van der Waals surface area contributed by atoms with E-state index in [0.29, 0.717) is 6.54 Å². The van der Waals surface area contributed by atoms with Crippen LogP contribution in [0.1, 0.15) is 6.92 Å². The van der Waals surface area contributed by atoms with E-state index in [9.17, 15) is 0 Å². The highest BCUT2D eigenvalue weighted by molar-refractivity contribution is 4.80. The molecular formula is C7H12N2. The summed E-state index contributed by atoms with van der Waals surface area (Å²) in [6, 6.07) is 2.08. The Morgan fingerprint density at radius 2 is 2.44 bits per heavy atom. The number of hydrogen-bond acceptors (Lipinski definition) is 2. The Kier molecular flexibility index (Phi) is 4.85. The minimum absolute atomic E-state index is 0.502. The van der Waals surface area contributed by atoms with Gasteiger partial charge in [-0.1, -0.05) is 13.0 Å². The van der Waals surface area contributed by atoms with Gasteiger partial charge in [0.25, 0.3) is 0 Å². The average molecular weight is 124 g/mol. The van der Waals surface area contributed by atoms with Crippen molar-refractivity contribution in [2.45, 2.75) is 6.92 Å². The van der Waals surface area contributed by atoms with Crippen molar-refractivity contribution in [3.63, 3.8) is 0 Å². The maximum absolute atomic E-state index is 8.27. The first-order valence-electron chi connectivity index (χ1n) is 3.05. The smallest absolute Gasteiger partial charge is 0.0868 e. The molecule has 0 aromatic rings. The van der Waals surface area contributed by atoms with Crippen LogP contribution < -0.4 is 0 Å². The average Bonchev–Trinajstić information content (AvgIpc) is 1.88. The summed E-state index contributed by atoms with van der Waals surface area (Å²) >= 11 is 0. The Morgan fingerprint density at radius 1 is 1.78 bits per heavy atom. The summed E-state index contributed by atoms with van der Waals surface area (Å²) in [4.78, 5) is 2.01. The second-order valence-electron chi connectivity index (χ2n) is 1.77. The molecule has 0 aromatic carbocycles. The van der Waals surface area contributed by atoms with Crippen LogP contribution in [0.25, 0.3) is 0 Å². The van der Waals surface area contributed by atoms with Crippen molar-refractivity contribution in [1.82, 2.24) is 4.90 Å². The summed E-state index contributed by atoms with van der Waals surface area (Å²) in [5, 5.41) is 8.27. The summed E-state index contributed by atoms with van der Waals surface area (Å²) in [6.45, 7) is 7.84. The van der Waals surface area contributed by atoms with Crippen molar-refractivity contribution in [3.8, 4) is 6.07 Å². The quantitative estimate of drug-likeness (QED) is 0.413. The van der Waals surface area contributed by atoms with Gasteiger partial charge >= 0.3 is 0 Å². The zero-order valence-corrected chi connectivity index (χ0v) is 5.80. The maximum Gasteiger partial charge on any atom is 0.0868 e. The van der Waals surface area contributed by atoms with Gasteiger partial charge in [0, 0.05) is 6.54 Å². The molecule has 0 aliphatic carbocycles. The van der Waals surface area contributed by atoms with Crippen LogP contribution >= 0.6 is 0 Å². The van der Waals surface area contributed by atoms with Gasteiger partial charge in [-0.2, -0.15) is 5.26 Å². The molecule has 0 aromatic heterocycles. The first-order chi connectivity index (χ1) is 4.35. The fourth-order valence-electron chi connectivity index (χ4n) is 0.588. The molecule has 0 atom stereocenters. The molecule has 9 heavy (non-hydrogen) atoms. The van der Waals surface area contributed by atoms with Crippen molar-refractivity contribution >= 4 is 0 Å². The first-order valence-corrected chi connectivity index (χ1v) is 3.05. The molecule has 0 unspecified atom stereocenters. The number of likely N-dealkylation sites (N-methyl/N-ethyl adjacent to an activating group) is 1. The van der Waals surface area contributed by atoms with Gasteiger partial charge in [-0.25, -0.2) is 0 Å². The van der Waals surface area contributed by atoms with E-state index in [0.717, 1.165) is 13.1 Å². The normalized spacial score (nSPS) is 9.00. The fraction of sp³-hybridized carbons (Fsp3) is 0.571. The van der Waals surface area contributed by atoms with Gasteiger partial charge in [-0.15, -0.1) is 6.58 Å². The third kappa shape index (κ3) is 3.75. The van der Waals surface area contributed by atoms with Crippen molar-refractivity contribution in [3.05, 3.63) is 12.7 Å². The SMILES string of the molecule is C=CCN(CC)CC#N. The van der Waals surface area contributed by atoms with Gasteiger partial charge in [0.15, 0.2) is 0 Å². The summed E-state index contributed by atoms with van der Waals surface area (Å²) < 4.78 is 0. The second-order valence-corrected chi connectivity index (χ2v) is 1.77. The Morgan fingerprint density at radius 3 is 2.78 bits per heavy atom. The third-order valence-corrected chi connectivity index (χ3v) is 1.13. The third-order valence-electron chi connectivity index (χ3n) is 1.13. The van der Waals surface area contributed by atoms with E-state index >= 15 is 0 Å². The van der Waals surface area contributed by atoms with Crippen LogP contribution in [0.2, 0.25) is 0 Å². The molecule has 0 radical (unpaired) electrons. The molecule has 0 saturated heterocycles. The molecule has 2 heteroatoms. The molecule has 0 aliphatic heterocycles. The lowest BCUT2D eigenvalue weighted by molar-refractivity contribution is 0.358. The molecule has 50 valence electrons. The van der Waals surface area contributed by atoms with E-state index in [-0.39, 0.29) is 0 Å². The maximum atomic E-state index is 8.27. The lowest BCUT2D eigenvalue weighted by atomic mass is 10.5. The van der Waals surface area contributed by atoms with Gasteiger partial charge in [0.2, 0.25) is 0 Å². The van der Waals surface area contributed by atoms with Crippen LogP contribution in [-0.4, -0.2) is 24.5 Å². The van der Waals surface area contributed by atoms with Gasteiger partial charge in [-0.3, -0.25) is 4.90 Å². The van der Waals surface area contributed by atoms with E-state index in [1.807, 2.05) is 11.8 Å². The zero-order valence-electron chi connectivity index (χ0n) is 5.80. The van der Waals surface area contributed by atoms with Gasteiger partial charge in [-0.05, 0) is 6.54 Å². The summed E-state index contributed by atoms with van der Waals surface area (Å²) in [5.74, 6) is 0. The molecule has 0 N–H and O–H groups in total. The lowest BCUT2D eigenvalue weighted by Crippen LogP contribution is -2.23. The van der Waals surface area contributed by atoms with Crippen LogP contribution in [0.5, 0.6) is 0 Å². The topological polar surface area (TPSA) is 27.0 Å². The fourth-order valence-corrected chi connectivity index (χ4v) is 0.588. The lowest BCUT2D eigenvalue weighted by Gasteiger charge is -2.12. The number of nitriles is 1. The van der Waals surface area contributed by atoms with Gasteiger partial charge < -0.3 is 0 Å². The van der Waals surface area contributed by atoms with E-state index in [1.165, 1.54) is 0 Å². The first kappa shape index (κ1) is 8.19. The second kappa shape index (κ2) is 5.33. The van der Waals surface area contributed by atoms with Crippen molar-refractivity contribution in [2.75, 3.05) is 19.6 Å². The summed E-state index contributed by atoms with van der Waals surface area (Å²) in [6.07, 6.45) is 1.81. The highest BCUT2D eigenvalue weighted by atomic mass is 15.1. The van der Waals surface area contributed by atoms with Crippen LogP contribution in [-0.2, 0) is 0 Å². The van der Waals surface area contributed by atoms with Crippen molar-refractivity contribution in [2.24, 2.45) is 0 Å². The largest absolute Gasteiger partial charge is 0.287 e. The zero-order chi connectivity index (χ0) is 7.11. The minimum atomic E-state index is 0.502. The predicted octanol–water partition coefficient (Wildman–Crippen LogP) is 1.02. The minimum Gasteiger partial charge on any atom is -0.287 e. The van der Waals surface area contributed by atoms with E-state index in [2.05, 4.69) is 12.6 Å². The van der Waals surface area contributed by atoms with Crippen LogP contribution in [0.3, 0.4) is 0 Å². The van der Waals surface area contributed by atoms with Gasteiger partial charge in [0.05, 0.1) is 12.6 Å². The van der Waals surface area contributed by atoms with Crippen molar-refractivity contribution < 1.29 is 0 Å². The van der Waals surface area contributed by atoms with E-state index in [4.69, 9.17) is 5.26 Å².